The highest BCUT2D eigenvalue weighted by Gasteiger charge is 2.05. The van der Waals surface area contributed by atoms with E-state index in [1.807, 2.05) is 16.8 Å². The minimum absolute atomic E-state index is 0.445. The van der Waals surface area contributed by atoms with Crippen molar-refractivity contribution in [2.45, 2.75) is 52.9 Å². The van der Waals surface area contributed by atoms with Gasteiger partial charge in [-0.25, -0.2) is 9.67 Å². The van der Waals surface area contributed by atoms with E-state index in [1.165, 1.54) is 5.56 Å². The molecule has 0 spiro atoms. The summed E-state index contributed by atoms with van der Waals surface area (Å²) in [4.78, 5) is 4.25. The minimum atomic E-state index is 0.445. The van der Waals surface area contributed by atoms with Crippen LogP contribution in [0, 0.1) is 0 Å². The van der Waals surface area contributed by atoms with E-state index in [9.17, 15) is 0 Å². The van der Waals surface area contributed by atoms with Crippen LogP contribution in [-0.2, 0) is 19.7 Å². The predicted octanol–water partition coefficient (Wildman–Crippen LogP) is 2.77. The van der Waals surface area contributed by atoms with E-state index in [1.54, 1.807) is 6.33 Å². The number of hydrogen-bond donors (Lipinski definition) is 1. The molecule has 2 rings (SSSR count). The van der Waals surface area contributed by atoms with Crippen molar-refractivity contribution in [2.75, 3.05) is 0 Å². The maximum Gasteiger partial charge on any atom is 0.164 e. The molecule has 114 valence electrons. The molecule has 1 aromatic heterocycles. The van der Waals surface area contributed by atoms with E-state index < -0.39 is 0 Å². The minimum Gasteiger partial charge on any atom is -0.486 e. The molecule has 5 heteroatoms. The maximum absolute atomic E-state index is 5.83. The van der Waals surface area contributed by atoms with Crippen molar-refractivity contribution < 1.29 is 4.74 Å². The monoisotopic (exact) mass is 288 g/mol. The van der Waals surface area contributed by atoms with Crippen molar-refractivity contribution in [1.82, 2.24) is 20.1 Å². The Kier molecular flexibility index (Phi) is 5.75. The van der Waals surface area contributed by atoms with E-state index in [4.69, 9.17) is 4.74 Å². The molecule has 21 heavy (non-hydrogen) atoms. The lowest BCUT2D eigenvalue weighted by molar-refractivity contribution is 0.286. The molecule has 0 radical (unpaired) electrons. The first-order chi connectivity index (χ1) is 10.2. The fourth-order valence-corrected chi connectivity index (χ4v) is 2.01. The second kappa shape index (κ2) is 7.78. The molecule has 2 aromatic rings. The summed E-state index contributed by atoms with van der Waals surface area (Å²) in [5.74, 6) is 1.73. The number of rotatable bonds is 8. The van der Waals surface area contributed by atoms with Gasteiger partial charge >= 0.3 is 0 Å². The molecule has 1 aromatic carbocycles. The van der Waals surface area contributed by atoms with Crippen LogP contribution in [0.1, 0.15) is 38.6 Å². The molecular weight excluding hydrogens is 264 g/mol. The number of aromatic nitrogens is 3. The zero-order valence-corrected chi connectivity index (χ0v) is 13.0. The van der Waals surface area contributed by atoms with Gasteiger partial charge in [-0.15, -0.1) is 0 Å². The Balaban J connectivity index is 1.93. The van der Waals surface area contributed by atoms with Crippen LogP contribution in [0.2, 0.25) is 0 Å². The summed E-state index contributed by atoms with van der Waals surface area (Å²) in [7, 11) is 0. The van der Waals surface area contributed by atoms with Crippen LogP contribution < -0.4 is 10.1 Å². The van der Waals surface area contributed by atoms with Crippen LogP contribution in [-0.4, -0.2) is 20.8 Å². The van der Waals surface area contributed by atoms with Crippen molar-refractivity contribution in [3.05, 3.63) is 42.0 Å². The van der Waals surface area contributed by atoms with E-state index in [0.717, 1.165) is 31.1 Å². The first kappa shape index (κ1) is 15.5. The number of benzene rings is 1. The molecule has 1 heterocycles. The fraction of sp³-hybridized carbons (Fsp3) is 0.500. The van der Waals surface area contributed by atoms with Gasteiger partial charge in [0.15, 0.2) is 5.82 Å². The highest BCUT2D eigenvalue weighted by molar-refractivity contribution is 5.28. The van der Waals surface area contributed by atoms with E-state index in [2.05, 4.69) is 48.3 Å². The normalized spacial score (nSPS) is 11.0. The fourth-order valence-electron chi connectivity index (χ4n) is 2.01. The average Bonchev–Trinajstić information content (AvgIpc) is 2.91. The topological polar surface area (TPSA) is 52.0 Å². The van der Waals surface area contributed by atoms with Crippen LogP contribution in [0.25, 0.3) is 0 Å². The van der Waals surface area contributed by atoms with Crippen LogP contribution in [0.5, 0.6) is 5.75 Å². The molecule has 5 nitrogen and oxygen atoms in total. The lowest BCUT2D eigenvalue weighted by Gasteiger charge is -2.11. The third-order valence-corrected chi connectivity index (χ3v) is 3.11. The van der Waals surface area contributed by atoms with Gasteiger partial charge in [-0.1, -0.05) is 32.9 Å². The largest absolute Gasteiger partial charge is 0.486 e. The Hall–Kier alpha value is -1.88. The second-order valence-corrected chi connectivity index (χ2v) is 5.37. The summed E-state index contributed by atoms with van der Waals surface area (Å²) in [6, 6.07) is 8.63. The molecule has 0 unspecified atom stereocenters. The number of nitrogens with zero attached hydrogens (tertiary/aromatic N) is 3. The number of hydrogen-bond acceptors (Lipinski definition) is 4. The lowest BCUT2D eigenvalue weighted by atomic mass is 10.2. The molecular formula is C16H24N4O. The van der Waals surface area contributed by atoms with Crippen molar-refractivity contribution >= 4 is 0 Å². The van der Waals surface area contributed by atoms with Crippen LogP contribution in [0.15, 0.2) is 30.6 Å². The van der Waals surface area contributed by atoms with Gasteiger partial charge in [0.2, 0.25) is 0 Å². The standard InChI is InChI=1S/C16H24N4O/c1-4-8-20-16(18-12-19-20)11-21-15-7-5-6-14(9-15)10-17-13(2)3/h5-7,9,12-13,17H,4,8,10-11H2,1-3H3. The lowest BCUT2D eigenvalue weighted by Crippen LogP contribution is -2.21. The van der Waals surface area contributed by atoms with E-state index >= 15 is 0 Å². The third-order valence-electron chi connectivity index (χ3n) is 3.11. The van der Waals surface area contributed by atoms with Gasteiger partial charge in [-0.05, 0) is 24.1 Å². The van der Waals surface area contributed by atoms with E-state index in [0.29, 0.717) is 12.6 Å². The quantitative estimate of drug-likeness (QED) is 0.811. The summed E-state index contributed by atoms with van der Waals surface area (Å²) in [5.41, 5.74) is 1.22. The first-order valence-electron chi connectivity index (χ1n) is 7.51. The first-order valence-corrected chi connectivity index (χ1v) is 7.51. The van der Waals surface area contributed by atoms with Gasteiger partial charge in [0, 0.05) is 19.1 Å². The highest BCUT2D eigenvalue weighted by Crippen LogP contribution is 2.15. The smallest absolute Gasteiger partial charge is 0.164 e. The molecule has 0 atom stereocenters. The van der Waals surface area contributed by atoms with Crippen LogP contribution in [0.4, 0.5) is 0 Å². The molecule has 0 bridgehead atoms. The average molecular weight is 288 g/mol. The van der Waals surface area contributed by atoms with Crippen molar-refractivity contribution in [3.63, 3.8) is 0 Å². The molecule has 0 fully saturated rings. The Morgan fingerprint density at radius 1 is 1.33 bits per heavy atom. The number of ether oxygens (including phenoxy) is 1. The summed E-state index contributed by atoms with van der Waals surface area (Å²) >= 11 is 0. The second-order valence-electron chi connectivity index (χ2n) is 5.37. The molecule has 0 saturated carbocycles. The van der Waals surface area contributed by atoms with Crippen molar-refractivity contribution in [1.29, 1.82) is 0 Å². The zero-order chi connectivity index (χ0) is 15.1. The van der Waals surface area contributed by atoms with Crippen molar-refractivity contribution in [2.24, 2.45) is 0 Å². The third kappa shape index (κ3) is 4.86. The Bertz CT molecular complexity index is 551. The Labute approximate surface area is 126 Å². The van der Waals surface area contributed by atoms with Crippen LogP contribution in [0.3, 0.4) is 0 Å². The number of aryl methyl sites for hydroxylation is 1. The summed E-state index contributed by atoms with van der Waals surface area (Å²) in [6.07, 6.45) is 2.62. The molecule has 0 aliphatic heterocycles. The summed E-state index contributed by atoms with van der Waals surface area (Å²) in [5, 5.41) is 7.60. The SMILES string of the molecule is CCCn1ncnc1COc1cccc(CNC(C)C)c1. The molecule has 0 aliphatic rings. The zero-order valence-electron chi connectivity index (χ0n) is 13.0. The van der Waals surface area contributed by atoms with Gasteiger partial charge in [0.25, 0.3) is 0 Å². The Morgan fingerprint density at radius 3 is 2.95 bits per heavy atom. The van der Waals surface area contributed by atoms with E-state index in [-0.39, 0.29) is 0 Å². The van der Waals surface area contributed by atoms with Crippen LogP contribution >= 0.6 is 0 Å². The Morgan fingerprint density at radius 2 is 2.19 bits per heavy atom. The highest BCUT2D eigenvalue weighted by atomic mass is 16.5. The van der Waals surface area contributed by atoms with Gasteiger partial charge in [-0.2, -0.15) is 5.10 Å². The molecule has 0 saturated heterocycles. The maximum atomic E-state index is 5.83. The molecule has 1 N–H and O–H groups in total. The van der Waals surface area contributed by atoms with Gasteiger partial charge in [-0.3, -0.25) is 0 Å². The van der Waals surface area contributed by atoms with Gasteiger partial charge in [0.1, 0.15) is 18.7 Å². The molecule has 0 aliphatic carbocycles. The number of nitrogens with one attached hydrogen (secondary N) is 1. The van der Waals surface area contributed by atoms with Crippen molar-refractivity contribution in [3.8, 4) is 5.75 Å². The summed E-state index contributed by atoms with van der Waals surface area (Å²) in [6.45, 7) is 8.57. The molecule has 0 amide bonds. The summed E-state index contributed by atoms with van der Waals surface area (Å²) < 4.78 is 7.73. The van der Waals surface area contributed by atoms with Gasteiger partial charge < -0.3 is 10.1 Å². The predicted molar refractivity (Wildman–Crippen MR) is 83.1 cm³/mol. The van der Waals surface area contributed by atoms with Gasteiger partial charge in [0.05, 0.1) is 0 Å².